The van der Waals surface area contributed by atoms with Crippen LogP contribution in [0.4, 0.5) is 5.82 Å². The summed E-state index contributed by atoms with van der Waals surface area (Å²) in [6.07, 6.45) is 2.60. The Balaban J connectivity index is 2.28. The van der Waals surface area contributed by atoms with E-state index >= 15 is 0 Å². The van der Waals surface area contributed by atoms with Gasteiger partial charge in [0.15, 0.2) is 11.6 Å². The van der Waals surface area contributed by atoms with Crippen LogP contribution in [0, 0.1) is 0 Å². The van der Waals surface area contributed by atoms with Crippen LogP contribution in [0.15, 0.2) is 18.3 Å². The predicted molar refractivity (Wildman–Crippen MR) is 63.2 cm³/mol. The summed E-state index contributed by atoms with van der Waals surface area (Å²) in [7, 11) is 0. The van der Waals surface area contributed by atoms with Crippen molar-refractivity contribution in [3.63, 3.8) is 0 Å². The number of nitrogens with zero attached hydrogens (tertiary/aromatic N) is 3. The van der Waals surface area contributed by atoms with E-state index in [1.165, 1.54) is 0 Å². The number of hydrogen-bond acceptors (Lipinski definition) is 4. The summed E-state index contributed by atoms with van der Waals surface area (Å²) < 4.78 is 0. The third-order valence-electron chi connectivity index (χ3n) is 2.24. The minimum atomic E-state index is 0.790. The molecule has 0 saturated heterocycles. The van der Waals surface area contributed by atoms with E-state index in [0.29, 0.717) is 0 Å². The highest BCUT2D eigenvalue weighted by Gasteiger charge is 2.05. The maximum atomic E-state index is 4.38. The second kappa shape index (κ2) is 4.74. The summed E-state index contributed by atoms with van der Waals surface area (Å²) in [4.78, 5) is 8.59. The summed E-state index contributed by atoms with van der Waals surface area (Å²) in [6.45, 7) is 4.93. The molecule has 0 unspecified atom stereocenters. The van der Waals surface area contributed by atoms with Crippen molar-refractivity contribution in [2.75, 3.05) is 11.9 Å². The first kappa shape index (κ1) is 10.6. The second-order valence-electron chi connectivity index (χ2n) is 3.41. The van der Waals surface area contributed by atoms with E-state index in [0.717, 1.165) is 36.0 Å². The van der Waals surface area contributed by atoms with Gasteiger partial charge >= 0.3 is 0 Å². The zero-order valence-corrected chi connectivity index (χ0v) is 9.49. The van der Waals surface area contributed by atoms with E-state index in [1.807, 2.05) is 26.0 Å². The van der Waals surface area contributed by atoms with Crippen LogP contribution in [-0.4, -0.2) is 26.7 Å². The van der Waals surface area contributed by atoms with Crippen molar-refractivity contribution in [2.45, 2.75) is 20.3 Å². The third kappa shape index (κ3) is 2.18. The third-order valence-corrected chi connectivity index (χ3v) is 2.24. The molecule has 2 aromatic heterocycles. The molecule has 0 aliphatic carbocycles. The van der Waals surface area contributed by atoms with Gasteiger partial charge < -0.3 is 5.32 Å². The minimum Gasteiger partial charge on any atom is -0.370 e. The first-order valence-corrected chi connectivity index (χ1v) is 5.45. The van der Waals surface area contributed by atoms with Crippen molar-refractivity contribution in [1.29, 1.82) is 0 Å². The molecule has 16 heavy (non-hydrogen) atoms. The van der Waals surface area contributed by atoms with Crippen LogP contribution in [0.25, 0.3) is 11.4 Å². The number of pyridine rings is 1. The van der Waals surface area contributed by atoms with Crippen LogP contribution >= 0.6 is 0 Å². The molecule has 2 rings (SSSR count). The van der Waals surface area contributed by atoms with E-state index in [4.69, 9.17) is 0 Å². The molecule has 0 aliphatic rings. The summed E-state index contributed by atoms with van der Waals surface area (Å²) in [5, 5.41) is 10.2. The topological polar surface area (TPSA) is 66.5 Å². The zero-order chi connectivity index (χ0) is 11.4. The van der Waals surface area contributed by atoms with Crippen molar-refractivity contribution >= 4 is 5.82 Å². The average molecular weight is 217 g/mol. The number of anilines is 1. The van der Waals surface area contributed by atoms with Gasteiger partial charge in [0.25, 0.3) is 0 Å². The lowest BCUT2D eigenvalue weighted by molar-refractivity contribution is 0.946. The van der Waals surface area contributed by atoms with Gasteiger partial charge in [0.2, 0.25) is 0 Å². The van der Waals surface area contributed by atoms with E-state index < -0.39 is 0 Å². The maximum Gasteiger partial charge on any atom is 0.155 e. The molecule has 5 heteroatoms. The summed E-state index contributed by atoms with van der Waals surface area (Å²) in [5.74, 6) is 2.48. The van der Waals surface area contributed by atoms with Gasteiger partial charge in [-0.2, -0.15) is 5.10 Å². The van der Waals surface area contributed by atoms with E-state index in [-0.39, 0.29) is 0 Å². The molecule has 0 radical (unpaired) electrons. The molecule has 0 saturated carbocycles. The highest BCUT2D eigenvalue weighted by atomic mass is 15.2. The van der Waals surface area contributed by atoms with E-state index in [1.54, 1.807) is 6.20 Å². The second-order valence-corrected chi connectivity index (χ2v) is 3.41. The molecule has 0 atom stereocenters. The number of rotatable bonds is 4. The van der Waals surface area contributed by atoms with Crippen LogP contribution in [0.5, 0.6) is 0 Å². The monoisotopic (exact) mass is 217 g/mol. The Morgan fingerprint density at radius 2 is 2.25 bits per heavy atom. The minimum absolute atomic E-state index is 0.790. The zero-order valence-electron chi connectivity index (χ0n) is 9.49. The van der Waals surface area contributed by atoms with Crippen molar-refractivity contribution < 1.29 is 0 Å². The average Bonchev–Trinajstić information content (AvgIpc) is 2.78. The Morgan fingerprint density at radius 3 is 2.94 bits per heavy atom. The largest absolute Gasteiger partial charge is 0.370 e. The lowest BCUT2D eigenvalue weighted by Gasteiger charge is -2.02. The van der Waals surface area contributed by atoms with Crippen LogP contribution in [0.1, 0.15) is 19.7 Å². The van der Waals surface area contributed by atoms with Gasteiger partial charge in [-0.3, -0.25) is 5.10 Å². The number of H-pyrrole nitrogens is 1. The van der Waals surface area contributed by atoms with Gasteiger partial charge in [-0.05, 0) is 19.1 Å². The highest BCUT2D eigenvalue weighted by Crippen LogP contribution is 2.17. The lowest BCUT2D eigenvalue weighted by atomic mass is 10.2. The molecule has 0 aromatic carbocycles. The lowest BCUT2D eigenvalue weighted by Crippen LogP contribution is -1.98. The number of nitrogens with one attached hydrogen (secondary N) is 2. The Kier molecular flexibility index (Phi) is 3.14. The first-order chi connectivity index (χ1) is 7.83. The summed E-state index contributed by atoms with van der Waals surface area (Å²) >= 11 is 0. The fourth-order valence-electron chi connectivity index (χ4n) is 1.44. The summed E-state index contributed by atoms with van der Waals surface area (Å²) in [5.41, 5.74) is 0.998. The van der Waals surface area contributed by atoms with Crippen molar-refractivity contribution in [3.8, 4) is 11.4 Å². The van der Waals surface area contributed by atoms with Crippen LogP contribution in [0.2, 0.25) is 0 Å². The Bertz CT molecular complexity index is 463. The van der Waals surface area contributed by atoms with Crippen LogP contribution in [-0.2, 0) is 6.42 Å². The van der Waals surface area contributed by atoms with Gasteiger partial charge in [-0.1, -0.05) is 6.92 Å². The molecule has 0 fully saturated rings. The van der Waals surface area contributed by atoms with Crippen molar-refractivity contribution in [2.24, 2.45) is 0 Å². The molecule has 0 aliphatic heterocycles. The molecule has 84 valence electrons. The van der Waals surface area contributed by atoms with Crippen molar-refractivity contribution in [1.82, 2.24) is 20.2 Å². The van der Waals surface area contributed by atoms with E-state index in [9.17, 15) is 0 Å². The molecule has 2 heterocycles. The van der Waals surface area contributed by atoms with Gasteiger partial charge in [0, 0.05) is 24.7 Å². The quantitative estimate of drug-likeness (QED) is 0.820. The molecule has 5 nitrogen and oxygen atoms in total. The van der Waals surface area contributed by atoms with Gasteiger partial charge in [0.1, 0.15) is 5.82 Å². The van der Waals surface area contributed by atoms with Crippen LogP contribution < -0.4 is 5.32 Å². The fraction of sp³-hybridized carbons (Fsp3) is 0.364. The van der Waals surface area contributed by atoms with Gasteiger partial charge in [-0.15, -0.1) is 0 Å². The maximum absolute atomic E-state index is 4.38. The van der Waals surface area contributed by atoms with Crippen LogP contribution in [0.3, 0.4) is 0 Å². The van der Waals surface area contributed by atoms with Crippen molar-refractivity contribution in [3.05, 3.63) is 24.2 Å². The molecule has 2 aromatic rings. The molecule has 0 amide bonds. The molecule has 2 N–H and O–H groups in total. The number of aromatic amines is 1. The summed E-state index contributed by atoms with van der Waals surface area (Å²) in [6, 6.07) is 3.88. The van der Waals surface area contributed by atoms with Gasteiger partial charge in [0.05, 0.1) is 0 Å². The number of aryl methyl sites for hydroxylation is 1. The standard InChI is InChI=1S/C11H15N5/c1-3-9-14-11(16-15-9)8-5-6-13-10(7-8)12-4-2/h5-7H,3-4H2,1-2H3,(H,12,13)(H,14,15,16). The van der Waals surface area contributed by atoms with E-state index in [2.05, 4.69) is 25.5 Å². The Morgan fingerprint density at radius 1 is 1.38 bits per heavy atom. The molecule has 0 spiro atoms. The van der Waals surface area contributed by atoms with Gasteiger partial charge in [-0.25, -0.2) is 9.97 Å². The first-order valence-electron chi connectivity index (χ1n) is 5.45. The smallest absolute Gasteiger partial charge is 0.155 e. The highest BCUT2D eigenvalue weighted by molar-refractivity contribution is 5.59. The molecular weight excluding hydrogens is 202 g/mol. The Hall–Kier alpha value is -1.91. The Labute approximate surface area is 94.3 Å². The normalized spacial score (nSPS) is 10.4. The fourth-order valence-corrected chi connectivity index (χ4v) is 1.44. The molecular formula is C11H15N5. The SMILES string of the molecule is CCNc1cc(-c2nc(CC)n[nH]2)ccn1. The number of aromatic nitrogens is 4. The number of hydrogen-bond donors (Lipinski definition) is 2. The predicted octanol–water partition coefficient (Wildman–Crippen LogP) is 1.86. The molecule has 0 bridgehead atoms.